The molecule has 4 heteroatoms. The average molecular weight is 374 g/mol. The van der Waals surface area contributed by atoms with E-state index in [-0.39, 0.29) is 5.82 Å². The van der Waals surface area contributed by atoms with Crippen molar-refractivity contribution in [2.45, 2.75) is 13.8 Å². The number of anilines is 1. The number of aromatic nitrogens is 1. The molecule has 0 bridgehead atoms. The largest absolute Gasteiger partial charge is 0.383 e. The van der Waals surface area contributed by atoms with E-state index in [1.54, 1.807) is 0 Å². The summed E-state index contributed by atoms with van der Waals surface area (Å²) < 4.78 is 0. The zero-order valence-electron chi connectivity index (χ0n) is 16.2. The fourth-order valence-corrected chi connectivity index (χ4v) is 3.76. The number of nitriles is 2. The van der Waals surface area contributed by atoms with Gasteiger partial charge in [0.05, 0.1) is 16.8 Å². The van der Waals surface area contributed by atoms with Gasteiger partial charge in [-0.15, -0.1) is 0 Å². The number of pyridine rings is 1. The third kappa shape index (κ3) is 2.98. The van der Waals surface area contributed by atoms with Gasteiger partial charge in [0.1, 0.15) is 18.0 Å². The number of rotatable bonds is 2. The minimum Gasteiger partial charge on any atom is -0.383 e. The van der Waals surface area contributed by atoms with Crippen molar-refractivity contribution >= 4 is 23.0 Å². The summed E-state index contributed by atoms with van der Waals surface area (Å²) in [5.74, 6) is 0.165. The van der Waals surface area contributed by atoms with Crippen molar-refractivity contribution in [1.82, 2.24) is 4.98 Å². The fourth-order valence-electron chi connectivity index (χ4n) is 3.76. The molecule has 1 heterocycles. The Kier molecular flexibility index (Phi) is 4.47. The third-order valence-electron chi connectivity index (χ3n) is 5.31. The monoisotopic (exact) mass is 374 g/mol. The molecule has 0 spiro atoms. The Labute approximate surface area is 169 Å². The van der Waals surface area contributed by atoms with Gasteiger partial charge in [0.2, 0.25) is 0 Å². The van der Waals surface area contributed by atoms with Crippen LogP contribution in [0.25, 0.3) is 28.3 Å². The number of benzene rings is 2. The van der Waals surface area contributed by atoms with Crippen molar-refractivity contribution in [3.8, 4) is 23.3 Å². The SMILES string of the molecule is CC1=C(C#N)c2nc(N)c(C#N)c(C)c2/C1=C/c1ccc(-c2ccccc2)cc1. The standard InChI is InChI=1S/C25H18N4/c1-15-20(12-17-8-10-19(11-9-17)18-6-4-3-5-7-18)23-16(2)22(14-27)25(28)29-24(23)21(15)13-26/h3-12H,1-2H3,(H2,28,29)/b20-12+. The van der Waals surface area contributed by atoms with Crippen LogP contribution in [0.1, 0.15) is 34.9 Å². The highest BCUT2D eigenvalue weighted by Gasteiger charge is 2.29. The summed E-state index contributed by atoms with van der Waals surface area (Å²) in [6.45, 7) is 3.77. The number of nitrogen functional groups attached to an aromatic ring is 1. The van der Waals surface area contributed by atoms with E-state index >= 15 is 0 Å². The van der Waals surface area contributed by atoms with Crippen molar-refractivity contribution < 1.29 is 0 Å². The lowest BCUT2D eigenvalue weighted by Crippen LogP contribution is -2.03. The smallest absolute Gasteiger partial charge is 0.142 e. The number of hydrogen-bond donors (Lipinski definition) is 1. The van der Waals surface area contributed by atoms with Crippen molar-refractivity contribution in [3.05, 3.63) is 88.1 Å². The van der Waals surface area contributed by atoms with Crippen LogP contribution in [0.15, 0.2) is 60.2 Å². The molecular weight excluding hydrogens is 356 g/mol. The molecule has 0 aliphatic heterocycles. The van der Waals surface area contributed by atoms with Crippen molar-refractivity contribution in [1.29, 1.82) is 10.5 Å². The van der Waals surface area contributed by atoms with Gasteiger partial charge in [0.15, 0.2) is 0 Å². The van der Waals surface area contributed by atoms with E-state index in [2.05, 4.69) is 53.5 Å². The molecular formula is C25H18N4. The summed E-state index contributed by atoms with van der Waals surface area (Å²) in [4.78, 5) is 4.37. The lowest BCUT2D eigenvalue weighted by atomic mass is 9.95. The summed E-state index contributed by atoms with van der Waals surface area (Å²) >= 11 is 0. The summed E-state index contributed by atoms with van der Waals surface area (Å²) in [5, 5.41) is 19.1. The normalized spacial score (nSPS) is 13.9. The van der Waals surface area contributed by atoms with E-state index in [1.807, 2.05) is 38.1 Å². The van der Waals surface area contributed by atoms with E-state index < -0.39 is 0 Å². The average Bonchev–Trinajstić information content (AvgIpc) is 3.00. The zero-order valence-corrected chi connectivity index (χ0v) is 16.2. The fraction of sp³-hybridized carbons (Fsp3) is 0.0800. The van der Waals surface area contributed by atoms with E-state index in [4.69, 9.17) is 5.73 Å². The molecule has 0 atom stereocenters. The molecule has 1 aromatic heterocycles. The van der Waals surface area contributed by atoms with Crippen molar-refractivity contribution in [2.24, 2.45) is 0 Å². The lowest BCUT2D eigenvalue weighted by molar-refractivity contribution is 1.22. The Morgan fingerprint density at radius 3 is 2.17 bits per heavy atom. The molecule has 29 heavy (non-hydrogen) atoms. The number of fused-ring (bicyclic) bond motifs is 1. The van der Waals surface area contributed by atoms with Crippen LogP contribution in [0.3, 0.4) is 0 Å². The Morgan fingerprint density at radius 2 is 1.55 bits per heavy atom. The van der Waals surface area contributed by atoms with Crippen LogP contribution in [0.5, 0.6) is 0 Å². The maximum Gasteiger partial charge on any atom is 0.142 e. The minimum atomic E-state index is 0.165. The van der Waals surface area contributed by atoms with Gasteiger partial charge in [-0.2, -0.15) is 10.5 Å². The quantitative estimate of drug-likeness (QED) is 0.654. The third-order valence-corrected chi connectivity index (χ3v) is 5.31. The van der Waals surface area contributed by atoms with E-state index in [1.165, 1.54) is 0 Å². The number of nitrogens with two attached hydrogens (primary N) is 1. The minimum absolute atomic E-state index is 0.165. The first-order chi connectivity index (χ1) is 14.0. The summed E-state index contributed by atoms with van der Waals surface area (Å²) in [5.41, 5.74) is 14.0. The molecule has 3 aromatic rings. The summed E-state index contributed by atoms with van der Waals surface area (Å²) in [7, 11) is 0. The van der Waals surface area contributed by atoms with Gasteiger partial charge in [0.25, 0.3) is 0 Å². The molecule has 2 aromatic carbocycles. The second kappa shape index (κ2) is 7.11. The molecule has 4 rings (SSSR count). The van der Waals surface area contributed by atoms with Gasteiger partial charge in [-0.25, -0.2) is 4.98 Å². The molecule has 2 N–H and O–H groups in total. The second-order valence-corrected chi connectivity index (χ2v) is 6.99. The summed E-state index contributed by atoms with van der Waals surface area (Å²) in [6.07, 6.45) is 2.04. The molecule has 0 unspecified atom stereocenters. The van der Waals surface area contributed by atoms with Crippen LogP contribution in [-0.4, -0.2) is 4.98 Å². The van der Waals surface area contributed by atoms with E-state index in [9.17, 15) is 10.5 Å². The zero-order chi connectivity index (χ0) is 20.5. The maximum absolute atomic E-state index is 9.66. The van der Waals surface area contributed by atoms with Crippen LogP contribution < -0.4 is 5.73 Å². The predicted octanol–water partition coefficient (Wildman–Crippen LogP) is 5.36. The maximum atomic E-state index is 9.66. The van der Waals surface area contributed by atoms with Gasteiger partial charge in [-0.05, 0) is 53.3 Å². The van der Waals surface area contributed by atoms with E-state index in [0.29, 0.717) is 16.8 Å². The first-order valence-corrected chi connectivity index (χ1v) is 9.24. The first-order valence-electron chi connectivity index (χ1n) is 9.24. The first kappa shape index (κ1) is 18.2. The van der Waals surface area contributed by atoms with Crippen molar-refractivity contribution in [3.63, 3.8) is 0 Å². The molecule has 1 aliphatic carbocycles. The lowest BCUT2D eigenvalue weighted by Gasteiger charge is -2.11. The molecule has 0 saturated carbocycles. The molecule has 0 fully saturated rings. The highest BCUT2D eigenvalue weighted by Crippen LogP contribution is 2.44. The number of hydrogen-bond acceptors (Lipinski definition) is 4. The van der Waals surface area contributed by atoms with Gasteiger partial charge in [0, 0.05) is 5.56 Å². The second-order valence-electron chi connectivity index (χ2n) is 6.99. The molecule has 0 amide bonds. The van der Waals surface area contributed by atoms with Gasteiger partial charge < -0.3 is 5.73 Å². The van der Waals surface area contributed by atoms with E-state index in [0.717, 1.165) is 39.0 Å². The van der Waals surface area contributed by atoms with Crippen LogP contribution in [-0.2, 0) is 0 Å². The molecule has 1 aliphatic rings. The van der Waals surface area contributed by atoms with Gasteiger partial charge in [-0.1, -0.05) is 54.6 Å². The van der Waals surface area contributed by atoms with Crippen LogP contribution in [0.2, 0.25) is 0 Å². The molecule has 4 nitrogen and oxygen atoms in total. The molecule has 138 valence electrons. The van der Waals surface area contributed by atoms with Gasteiger partial charge in [-0.3, -0.25) is 0 Å². The van der Waals surface area contributed by atoms with Gasteiger partial charge >= 0.3 is 0 Å². The Balaban J connectivity index is 1.84. The van der Waals surface area contributed by atoms with Crippen LogP contribution in [0, 0.1) is 29.6 Å². The Morgan fingerprint density at radius 1 is 0.897 bits per heavy atom. The molecule has 0 radical (unpaired) electrons. The predicted molar refractivity (Wildman–Crippen MR) is 116 cm³/mol. The Hall–Kier alpha value is -4.15. The summed E-state index contributed by atoms with van der Waals surface area (Å²) in [6, 6.07) is 22.8. The molecule has 0 saturated heterocycles. The van der Waals surface area contributed by atoms with Crippen molar-refractivity contribution in [2.75, 3.05) is 5.73 Å². The highest BCUT2D eigenvalue weighted by molar-refractivity contribution is 6.08. The van der Waals surface area contributed by atoms with Crippen LogP contribution in [0.4, 0.5) is 5.82 Å². The highest BCUT2D eigenvalue weighted by atomic mass is 14.9. The Bertz CT molecular complexity index is 1270. The number of allylic oxidation sites excluding steroid dienone is 3. The number of nitrogens with zero attached hydrogens (tertiary/aromatic N) is 3. The van der Waals surface area contributed by atoms with Crippen LogP contribution >= 0.6 is 0 Å². The topological polar surface area (TPSA) is 86.5 Å².